The van der Waals surface area contributed by atoms with Crippen LogP contribution in [0.1, 0.15) is 31.9 Å². The summed E-state index contributed by atoms with van der Waals surface area (Å²) in [5, 5.41) is 3.15. The zero-order valence-corrected chi connectivity index (χ0v) is 14.8. The number of hydrogen-bond acceptors (Lipinski definition) is 5. The highest BCUT2D eigenvalue weighted by atomic mass is 16.6. The molecule has 6 heteroatoms. The SMILES string of the molecule is CNCc1cnc(N2CCN(C(=O)OC(C)(C)C)CC2)cc1C. The van der Waals surface area contributed by atoms with Gasteiger partial charge in [-0.05, 0) is 51.9 Å². The molecule has 1 aliphatic heterocycles. The van der Waals surface area contributed by atoms with E-state index >= 15 is 0 Å². The van der Waals surface area contributed by atoms with Crippen molar-refractivity contribution in [3.05, 3.63) is 23.4 Å². The van der Waals surface area contributed by atoms with Crippen LogP contribution in [0.5, 0.6) is 0 Å². The quantitative estimate of drug-likeness (QED) is 0.925. The second kappa shape index (κ2) is 7.17. The van der Waals surface area contributed by atoms with Gasteiger partial charge in [0, 0.05) is 38.9 Å². The van der Waals surface area contributed by atoms with Gasteiger partial charge >= 0.3 is 6.09 Å². The highest BCUT2D eigenvalue weighted by Crippen LogP contribution is 2.18. The first-order valence-corrected chi connectivity index (χ1v) is 8.13. The molecule has 23 heavy (non-hydrogen) atoms. The van der Waals surface area contributed by atoms with Crippen molar-refractivity contribution in [3.63, 3.8) is 0 Å². The number of nitrogens with zero attached hydrogens (tertiary/aromatic N) is 3. The molecule has 6 nitrogen and oxygen atoms in total. The number of ether oxygens (including phenoxy) is 1. The number of piperazine rings is 1. The zero-order chi connectivity index (χ0) is 17.0. The van der Waals surface area contributed by atoms with Crippen molar-refractivity contribution in [1.82, 2.24) is 15.2 Å². The molecule has 0 radical (unpaired) electrons. The van der Waals surface area contributed by atoms with Gasteiger partial charge < -0.3 is 19.9 Å². The van der Waals surface area contributed by atoms with Gasteiger partial charge in [-0.25, -0.2) is 9.78 Å². The standard InChI is InChI=1S/C17H28N4O2/c1-13-10-15(19-12-14(13)11-18-5)20-6-8-21(9-7-20)16(22)23-17(2,3)4/h10,12,18H,6-9,11H2,1-5H3. The lowest BCUT2D eigenvalue weighted by Gasteiger charge is -2.36. The Kier molecular flexibility index (Phi) is 5.46. The fourth-order valence-electron chi connectivity index (χ4n) is 2.56. The van der Waals surface area contributed by atoms with E-state index in [1.807, 2.05) is 34.0 Å². The molecule has 1 aromatic rings. The molecular formula is C17H28N4O2. The average molecular weight is 320 g/mol. The third kappa shape index (κ3) is 4.82. The summed E-state index contributed by atoms with van der Waals surface area (Å²) in [6, 6.07) is 2.12. The van der Waals surface area contributed by atoms with Gasteiger partial charge in [-0.3, -0.25) is 0 Å². The molecule has 0 aromatic carbocycles. The number of pyridine rings is 1. The molecule has 2 heterocycles. The first-order chi connectivity index (χ1) is 10.8. The van der Waals surface area contributed by atoms with Gasteiger partial charge in [0.2, 0.25) is 0 Å². The summed E-state index contributed by atoms with van der Waals surface area (Å²) in [5.41, 5.74) is 2.00. The molecule has 1 fully saturated rings. The zero-order valence-electron chi connectivity index (χ0n) is 14.8. The van der Waals surface area contributed by atoms with E-state index in [-0.39, 0.29) is 6.09 Å². The van der Waals surface area contributed by atoms with Gasteiger partial charge in [0.05, 0.1) is 0 Å². The number of aromatic nitrogens is 1. The van der Waals surface area contributed by atoms with Crippen LogP contribution in [0, 0.1) is 6.92 Å². The number of aryl methyl sites for hydroxylation is 1. The van der Waals surface area contributed by atoms with Crippen molar-refractivity contribution in [1.29, 1.82) is 0 Å². The molecule has 128 valence electrons. The topological polar surface area (TPSA) is 57.7 Å². The molecule has 0 spiro atoms. The van der Waals surface area contributed by atoms with E-state index in [9.17, 15) is 4.79 Å². The van der Waals surface area contributed by atoms with Crippen LogP contribution >= 0.6 is 0 Å². The molecule has 1 aliphatic rings. The molecule has 1 saturated heterocycles. The molecular weight excluding hydrogens is 292 g/mol. The van der Waals surface area contributed by atoms with Crippen molar-refractivity contribution in [3.8, 4) is 0 Å². The van der Waals surface area contributed by atoms with Crippen molar-refractivity contribution < 1.29 is 9.53 Å². The second-order valence-electron chi connectivity index (χ2n) is 6.95. The fraction of sp³-hybridized carbons (Fsp3) is 0.647. The molecule has 1 amide bonds. The summed E-state index contributed by atoms with van der Waals surface area (Å²) in [6.45, 7) is 11.5. The van der Waals surface area contributed by atoms with Gasteiger partial charge in [0.1, 0.15) is 11.4 Å². The van der Waals surface area contributed by atoms with E-state index in [2.05, 4.69) is 28.2 Å². The van der Waals surface area contributed by atoms with Crippen LogP contribution in [-0.4, -0.2) is 54.8 Å². The number of rotatable bonds is 3. The maximum absolute atomic E-state index is 12.1. The van der Waals surface area contributed by atoms with E-state index in [4.69, 9.17) is 4.74 Å². The van der Waals surface area contributed by atoms with Crippen LogP contribution in [0.15, 0.2) is 12.3 Å². The smallest absolute Gasteiger partial charge is 0.410 e. The molecule has 0 atom stereocenters. The van der Waals surface area contributed by atoms with Gasteiger partial charge in [-0.1, -0.05) is 0 Å². The van der Waals surface area contributed by atoms with E-state index in [1.165, 1.54) is 11.1 Å². The Hall–Kier alpha value is -1.82. The van der Waals surface area contributed by atoms with Crippen LogP contribution in [0.2, 0.25) is 0 Å². The predicted octanol–water partition coefficient (Wildman–Crippen LogP) is 2.17. The van der Waals surface area contributed by atoms with Crippen molar-refractivity contribution in [2.24, 2.45) is 0 Å². The second-order valence-corrected chi connectivity index (χ2v) is 6.95. The Morgan fingerprint density at radius 1 is 1.30 bits per heavy atom. The number of carbonyl (C=O) groups is 1. The van der Waals surface area contributed by atoms with Crippen LogP contribution in [-0.2, 0) is 11.3 Å². The Balaban J connectivity index is 1.94. The number of carbonyl (C=O) groups excluding carboxylic acids is 1. The minimum atomic E-state index is -0.448. The molecule has 0 bridgehead atoms. The van der Waals surface area contributed by atoms with Gasteiger partial charge in [-0.15, -0.1) is 0 Å². The third-order valence-electron chi connectivity index (χ3n) is 3.83. The minimum Gasteiger partial charge on any atom is -0.444 e. The van der Waals surface area contributed by atoms with Crippen LogP contribution < -0.4 is 10.2 Å². The maximum Gasteiger partial charge on any atom is 0.410 e. The number of nitrogens with one attached hydrogen (secondary N) is 1. The van der Waals surface area contributed by atoms with E-state index in [0.29, 0.717) is 13.1 Å². The summed E-state index contributed by atoms with van der Waals surface area (Å²) in [7, 11) is 1.93. The van der Waals surface area contributed by atoms with E-state index in [0.717, 1.165) is 25.5 Å². The number of hydrogen-bond donors (Lipinski definition) is 1. The van der Waals surface area contributed by atoms with E-state index in [1.54, 1.807) is 4.90 Å². The highest BCUT2D eigenvalue weighted by Gasteiger charge is 2.26. The molecule has 0 aliphatic carbocycles. The average Bonchev–Trinajstić information content (AvgIpc) is 2.48. The van der Waals surface area contributed by atoms with Gasteiger partial charge in [0.15, 0.2) is 0 Å². The fourth-order valence-corrected chi connectivity index (χ4v) is 2.56. The lowest BCUT2D eigenvalue weighted by Crippen LogP contribution is -2.50. The molecule has 1 N–H and O–H groups in total. The van der Waals surface area contributed by atoms with Crippen molar-refractivity contribution in [2.75, 3.05) is 38.1 Å². The van der Waals surface area contributed by atoms with Crippen molar-refractivity contribution in [2.45, 2.75) is 39.8 Å². The Morgan fingerprint density at radius 2 is 1.96 bits per heavy atom. The minimum absolute atomic E-state index is 0.231. The maximum atomic E-state index is 12.1. The highest BCUT2D eigenvalue weighted by molar-refractivity contribution is 5.68. The molecule has 1 aromatic heterocycles. The first kappa shape index (κ1) is 17.5. The van der Waals surface area contributed by atoms with E-state index < -0.39 is 5.60 Å². The van der Waals surface area contributed by atoms with Gasteiger partial charge in [-0.2, -0.15) is 0 Å². The predicted molar refractivity (Wildman–Crippen MR) is 91.8 cm³/mol. The molecule has 0 saturated carbocycles. The largest absolute Gasteiger partial charge is 0.444 e. The number of amides is 1. The first-order valence-electron chi connectivity index (χ1n) is 8.13. The summed E-state index contributed by atoms with van der Waals surface area (Å²) in [6.07, 6.45) is 1.70. The van der Waals surface area contributed by atoms with Crippen molar-refractivity contribution >= 4 is 11.9 Å². The number of anilines is 1. The van der Waals surface area contributed by atoms with Gasteiger partial charge in [0.25, 0.3) is 0 Å². The van der Waals surface area contributed by atoms with Crippen LogP contribution in [0.3, 0.4) is 0 Å². The van der Waals surface area contributed by atoms with Crippen LogP contribution in [0.4, 0.5) is 10.6 Å². The lowest BCUT2D eigenvalue weighted by molar-refractivity contribution is 0.0240. The third-order valence-corrected chi connectivity index (χ3v) is 3.83. The summed E-state index contributed by atoms with van der Waals surface area (Å²) in [4.78, 5) is 20.6. The molecule has 2 rings (SSSR count). The Labute approximate surface area is 138 Å². The summed E-state index contributed by atoms with van der Waals surface area (Å²) < 4.78 is 5.43. The monoisotopic (exact) mass is 320 g/mol. The summed E-state index contributed by atoms with van der Waals surface area (Å²) >= 11 is 0. The normalized spacial score (nSPS) is 15.7. The Morgan fingerprint density at radius 3 is 2.48 bits per heavy atom. The summed E-state index contributed by atoms with van der Waals surface area (Å²) in [5.74, 6) is 0.978. The lowest BCUT2D eigenvalue weighted by atomic mass is 10.1. The molecule has 0 unspecified atom stereocenters. The van der Waals surface area contributed by atoms with Crippen LogP contribution in [0.25, 0.3) is 0 Å². The Bertz CT molecular complexity index is 546.